The molecule has 0 aliphatic heterocycles. The summed E-state index contributed by atoms with van der Waals surface area (Å²) in [7, 11) is -2.58. The molecule has 1 aromatic heterocycles. The van der Waals surface area contributed by atoms with Crippen molar-refractivity contribution in [1.29, 1.82) is 0 Å². The summed E-state index contributed by atoms with van der Waals surface area (Å²) in [4.78, 5) is 3.94. The molecule has 0 aliphatic carbocycles. The molecule has 1 rings (SSSR count). The summed E-state index contributed by atoms with van der Waals surface area (Å²) in [6.45, 7) is 1.68. The van der Waals surface area contributed by atoms with Gasteiger partial charge in [0.15, 0.2) is 5.75 Å². The molecule has 0 aromatic carbocycles. The number of pyridine rings is 1. The summed E-state index contributed by atoms with van der Waals surface area (Å²) in [5.74, 6) is 0.348. The van der Waals surface area contributed by atoms with Crippen molar-refractivity contribution in [2.75, 3.05) is 7.11 Å². The molecule has 0 fully saturated rings. The Morgan fingerprint density at radius 1 is 1.43 bits per heavy atom. The second-order valence-corrected chi connectivity index (χ2v) is 3.71. The lowest BCUT2D eigenvalue weighted by Gasteiger charge is -2.05. The Labute approximate surface area is 81.9 Å². The number of methoxy groups -OCH3 is 1. The smallest absolute Gasteiger partial charge is 0.380 e. The highest BCUT2D eigenvalue weighted by Crippen LogP contribution is 2.19. The Hall–Kier alpha value is -1.34. The first-order chi connectivity index (χ1) is 6.40. The van der Waals surface area contributed by atoms with Crippen molar-refractivity contribution in [1.82, 2.24) is 4.98 Å². The Kier molecular flexibility index (Phi) is 2.92. The van der Waals surface area contributed by atoms with Gasteiger partial charge in [-0.15, -0.1) is 0 Å². The van der Waals surface area contributed by atoms with Crippen molar-refractivity contribution < 1.29 is 17.3 Å². The van der Waals surface area contributed by atoms with E-state index in [0.717, 1.165) is 0 Å². The van der Waals surface area contributed by atoms with Crippen molar-refractivity contribution in [2.24, 2.45) is 5.14 Å². The van der Waals surface area contributed by atoms with Crippen LogP contribution in [0.5, 0.6) is 11.6 Å². The molecule has 7 heteroatoms. The fraction of sp³-hybridized carbons (Fsp3) is 0.286. The molecule has 0 saturated heterocycles. The molecule has 2 N–H and O–H groups in total. The van der Waals surface area contributed by atoms with Crippen LogP contribution in [0.3, 0.4) is 0 Å². The van der Waals surface area contributed by atoms with E-state index < -0.39 is 10.3 Å². The van der Waals surface area contributed by atoms with Crippen LogP contribution in [0, 0.1) is 6.92 Å². The standard InChI is InChI=1S/C7H10N2O4S/c1-5-3-6(13-14(8,10)11)4-7(9-5)12-2/h3-4H,1-2H3,(H2,8,10,11). The van der Waals surface area contributed by atoms with Gasteiger partial charge in [-0.3, -0.25) is 0 Å². The molecular formula is C7H10N2O4S. The maximum absolute atomic E-state index is 10.6. The molecule has 0 saturated carbocycles. The van der Waals surface area contributed by atoms with E-state index in [1.165, 1.54) is 19.2 Å². The number of hydrogen-bond donors (Lipinski definition) is 1. The minimum Gasteiger partial charge on any atom is -0.481 e. The Morgan fingerprint density at radius 2 is 2.07 bits per heavy atom. The summed E-state index contributed by atoms with van der Waals surface area (Å²) >= 11 is 0. The van der Waals surface area contributed by atoms with Crippen LogP contribution in [0.4, 0.5) is 0 Å². The Bertz CT molecular complexity index is 429. The molecule has 1 heterocycles. The lowest BCUT2D eigenvalue weighted by Crippen LogP contribution is -2.19. The molecular weight excluding hydrogens is 208 g/mol. The van der Waals surface area contributed by atoms with Gasteiger partial charge < -0.3 is 8.92 Å². The van der Waals surface area contributed by atoms with E-state index in [0.29, 0.717) is 5.69 Å². The van der Waals surface area contributed by atoms with Gasteiger partial charge in [0.1, 0.15) is 0 Å². The zero-order valence-corrected chi connectivity index (χ0v) is 8.54. The second kappa shape index (κ2) is 3.81. The number of nitrogens with zero attached hydrogens (tertiary/aromatic N) is 1. The highest BCUT2D eigenvalue weighted by Gasteiger charge is 2.07. The number of aromatic nitrogens is 1. The van der Waals surface area contributed by atoms with Crippen LogP contribution in [-0.4, -0.2) is 20.5 Å². The van der Waals surface area contributed by atoms with E-state index in [1.807, 2.05) is 0 Å². The lowest BCUT2D eigenvalue weighted by molar-refractivity contribution is 0.393. The van der Waals surface area contributed by atoms with Crippen molar-refractivity contribution in [3.63, 3.8) is 0 Å². The predicted molar refractivity (Wildman–Crippen MR) is 49.3 cm³/mol. The number of nitrogens with two attached hydrogens (primary N) is 1. The Balaban J connectivity index is 3.04. The van der Waals surface area contributed by atoms with E-state index in [9.17, 15) is 8.42 Å². The van der Waals surface area contributed by atoms with Crippen LogP contribution in [0.15, 0.2) is 12.1 Å². The molecule has 1 aromatic rings. The van der Waals surface area contributed by atoms with Gasteiger partial charge in [0.25, 0.3) is 0 Å². The zero-order chi connectivity index (χ0) is 10.8. The average Bonchev–Trinajstić information content (AvgIpc) is 1.99. The summed E-state index contributed by atoms with van der Waals surface area (Å²) < 4.78 is 30.5. The van der Waals surface area contributed by atoms with Crippen LogP contribution in [-0.2, 0) is 10.3 Å². The first-order valence-corrected chi connectivity index (χ1v) is 5.13. The minimum absolute atomic E-state index is 0.0804. The monoisotopic (exact) mass is 218 g/mol. The van der Waals surface area contributed by atoms with Gasteiger partial charge in [0.2, 0.25) is 5.88 Å². The number of aryl methyl sites for hydroxylation is 1. The summed E-state index contributed by atoms with van der Waals surface area (Å²) in [5.41, 5.74) is 0.572. The van der Waals surface area contributed by atoms with Crippen LogP contribution in [0.1, 0.15) is 5.69 Å². The zero-order valence-electron chi connectivity index (χ0n) is 7.72. The van der Waals surface area contributed by atoms with Crippen LogP contribution in [0.25, 0.3) is 0 Å². The van der Waals surface area contributed by atoms with E-state index in [2.05, 4.69) is 9.17 Å². The lowest BCUT2D eigenvalue weighted by atomic mass is 10.3. The summed E-state index contributed by atoms with van der Waals surface area (Å²) in [6, 6.07) is 2.77. The molecule has 78 valence electrons. The Morgan fingerprint density at radius 3 is 2.57 bits per heavy atom. The molecule has 0 atom stereocenters. The fourth-order valence-electron chi connectivity index (χ4n) is 0.894. The molecule has 6 nitrogen and oxygen atoms in total. The largest absolute Gasteiger partial charge is 0.481 e. The van der Waals surface area contributed by atoms with Crippen LogP contribution >= 0.6 is 0 Å². The molecule has 0 bridgehead atoms. The van der Waals surface area contributed by atoms with Crippen LogP contribution < -0.4 is 14.1 Å². The van der Waals surface area contributed by atoms with Crippen molar-refractivity contribution in [3.05, 3.63) is 17.8 Å². The average molecular weight is 218 g/mol. The molecule has 0 aliphatic rings. The minimum atomic E-state index is -4.00. The van der Waals surface area contributed by atoms with Crippen LogP contribution in [0.2, 0.25) is 0 Å². The molecule has 0 spiro atoms. The van der Waals surface area contributed by atoms with Gasteiger partial charge in [0.05, 0.1) is 7.11 Å². The molecule has 0 amide bonds. The number of rotatable bonds is 3. The predicted octanol–water partition coefficient (Wildman–Crippen LogP) is -0.0191. The second-order valence-electron chi connectivity index (χ2n) is 2.56. The first kappa shape index (κ1) is 10.7. The van der Waals surface area contributed by atoms with Crippen molar-refractivity contribution >= 4 is 10.3 Å². The van der Waals surface area contributed by atoms with Gasteiger partial charge in [-0.1, -0.05) is 0 Å². The maximum atomic E-state index is 10.6. The van der Waals surface area contributed by atoms with E-state index in [4.69, 9.17) is 9.88 Å². The SMILES string of the molecule is COc1cc(OS(N)(=O)=O)cc(C)n1. The number of ether oxygens (including phenoxy) is 1. The third-order valence-electron chi connectivity index (χ3n) is 1.32. The third-order valence-corrected chi connectivity index (χ3v) is 1.75. The van der Waals surface area contributed by atoms with Gasteiger partial charge in [-0.2, -0.15) is 13.6 Å². The van der Waals surface area contributed by atoms with Gasteiger partial charge in [0, 0.05) is 17.8 Å². The third kappa shape index (κ3) is 3.19. The van der Waals surface area contributed by atoms with E-state index in [1.54, 1.807) is 6.92 Å². The maximum Gasteiger partial charge on any atom is 0.380 e. The van der Waals surface area contributed by atoms with Gasteiger partial charge in [-0.25, -0.2) is 4.98 Å². The fourth-order valence-corrected chi connectivity index (χ4v) is 1.26. The summed E-state index contributed by atoms with van der Waals surface area (Å²) in [5, 5.41) is 4.70. The number of hydrogen-bond acceptors (Lipinski definition) is 5. The summed E-state index contributed by atoms with van der Waals surface area (Å²) in [6.07, 6.45) is 0. The molecule has 0 unspecified atom stereocenters. The van der Waals surface area contributed by atoms with E-state index in [-0.39, 0.29) is 11.6 Å². The van der Waals surface area contributed by atoms with Crippen molar-refractivity contribution in [2.45, 2.75) is 6.92 Å². The van der Waals surface area contributed by atoms with Gasteiger partial charge >= 0.3 is 10.3 Å². The van der Waals surface area contributed by atoms with Gasteiger partial charge in [-0.05, 0) is 6.92 Å². The highest BCUT2D eigenvalue weighted by molar-refractivity contribution is 7.84. The van der Waals surface area contributed by atoms with Crippen molar-refractivity contribution in [3.8, 4) is 11.6 Å². The molecule has 14 heavy (non-hydrogen) atoms. The quantitative estimate of drug-likeness (QED) is 0.769. The molecule has 0 radical (unpaired) electrons. The first-order valence-electron chi connectivity index (χ1n) is 3.65. The topological polar surface area (TPSA) is 91.5 Å². The normalized spacial score (nSPS) is 11.1. The van der Waals surface area contributed by atoms with E-state index >= 15 is 0 Å². The highest BCUT2D eigenvalue weighted by atomic mass is 32.2.